The van der Waals surface area contributed by atoms with E-state index in [1.165, 1.54) is 23.1 Å². The van der Waals surface area contributed by atoms with Gasteiger partial charge in [-0.25, -0.2) is 13.2 Å². The van der Waals surface area contributed by atoms with Gasteiger partial charge in [-0.1, -0.05) is 43.1 Å². The van der Waals surface area contributed by atoms with Crippen LogP contribution >= 0.6 is 11.6 Å². The zero-order valence-corrected chi connectivity index (χ0v) is 31.6. The second kappa shape index (κ2) is 16.6. The Bertz CT molecular complexity index is 1840. The number of nitrogens with zero attached hydrogens (tertiary/aromatic N) is 1. The molecule has 0 aromatic heterocycles. The Labute approximate surface area is 309 Å². The van der Waals surface area contributed by atoms with Crippen LogP contribution in [-0.2, 0) is 25.5 Å². The van der Waals surface area contributed by atoms with E-state index in [0.717, 1.165) is 44.2 Å². The third-order valence-electron chi connectivity index (χ3n) is 9.18. The first kappa shape index (κ1) is 39.5. The molecule has 1 saturated carbocycles. The Morgan fingerprint density at radius 2 is 1.63 bits per heavy atom. The number of sulfonamides is 1. The van der Waals surface area contributed by atoms with E-state index in [4.69, 9.17) is 25.8 Å². The van der Waals surface area contributed by atoms with Gasteiger partial charge in [0.15, 0.2) is 6.04 Å². The summed E-state index contributed by atoms with van der Waals surface area (Å²) in [4.78, 5) is 27.3. The second-order valence-electron chi connectivity index (χ2n) is 14.5. The van der Waals surface area contributed by atoms with Crippen molar-refractivity contribution in [2.45, 2.75) is 114 Å². The van der Waals surface area contributed by atoms with Crippen LogP contribution in [0, 0.1) is 0 Å². The highest BCUT2D eigenvalue weighted by Crippen LogP contribution is 2.38. The standard InChI is InChI=1S/C38H48ClF2N3O7S/c1-5-6-21-49-33-24-27(13-16-32(33)39)38(40,41)34(35(45)44-19-17-28(18-20-44)42-36(46)51-37(2,3)4)43-52(47,48)31-15-12-25-22-30(14-11-26(25)23-31)50-29-9-7-8-10-29/h11-16,22-24,28-29,34,43H,5-10,17-21H2,1-4H3,(H,42,46). The highest BCUT2D eigenvalue weighted by molar-refractivity contribution is 7.89. The van der Waals surface area contributed by atoms with Gasteiger partial charge in [-0.15, -0.1) is 0 Å². The number of nitrogens with one attached hydrogen (secondary N) is 2. The van der Waals surface area contributed by atoms with Gasteiger partial charge in [0.1, 0.15) is 17.1 Å². The smallest absolute Gasteiger partial charge is 0.407 e. The number of rotatable bonds is 13. The molecular formula is C38H48ClF2N3O7S. The number of carbonyl (C=O) groups excluding carboxylic acids is 2. The molecule has 0 bridgehead atoms. The van der Waals surface area contributed by atoms with Crippen LogP contribution in [-0.4, -0.2) is 68.8 Å². The number of carbonyl (C=O) groups is 2. The zero-order chi connectivity index (χ0) is 37.7. The third kappa shape index (κ3) is 10.0. The van der Waals surface area contributed by atoms with Crippen LogP contribution < -0.4 is 19.5 Å². The number of piperidine rings is 1. The molecule has 1 unspecified atom stereocenters. The predicted octanol–water partition coefficient (Wildman–Crippen LogP) is 7.95. The van der Waals surface area contributed by atoms with E-state index in [1.54, 1.807) is 39.0 Å². The number of amides is 2. The molecule has 10 nitrogen and oxygen atoms in total. The third-order valence-corrected chi connectivity index (χ3v) is 10.9. The highest BCUT2D eigenvalue weighted by atomic mass is 35.5. The summed E-state index contributed by atoms with van der Waals surface area (Å²) < 4.78 is 80.3. The number of benzene rings is 3. The van der Waals surface area contributed by atoms with Gasteiger partial charge in [0.2, 0.25) is 15.9 Å². The molecule has 3 aromatic rings. The second-order valence-corrected chi connectivity index (χ2v) is 16.6. The summed E-state index contributed by atoms with van der Waals surface area (Å²) in [5, 5.41) is 4.13. The number of alkyl carbamates (subject to hydrolysis) is 1. The van der Waals surface area contributed by atoms with E-state index in [1.807, 2.05) is 13.0 Å². The maximum absolute atomic E-state index is 16.7. The van der Waals surface area contributed by atoms with Gasteiger partial charge in [-0.05, 0) is 113 Å². The van der Waals surface area contributed by atoms with Crippen LogP contribution in [0.3, 0.4) is 0 Å². The summed E-state index contributed by atoms with van der Waals surface area (Å²) in [6, 6.07) is 10.0. The lowest BCUT2D eigenvalue weighted by Gasteiger charge is -2.36. The number of likely N-dealkylation sites (tertiary alicyclic amines) is 1. The number of hydrogen-bond acceptors (Lipinski definition) is 7. The fourth-order valence-corrected chi connectivity index (χ4v) is 7.76. The van der Waals surface area contributed by atoms with Gasteiger partial charge in [-0.3, -0.25) is 4.79 Å². The Morgan fingerprint density at radius 3 is 2.31 bits per heavy atom. The van der Waals surface area contributed by atoms with Crippen molar-refractivity contribution in [1.29, 1.82) is 0 Å². The van der Waals surface area contributed by atoms with Gasteiger partial charge in [0.05, 0.1) is 22.6 Å². The van der Waals surface area contributed by atoms with Gasteiger partial charge >= 0.3 is 6.09 Å². The average molecular weight is 764 g/mol. The molecule has 2 fully saturated rings. The van der Waals surface area contributed by atoms with Crippen molar-refractivity contribution in [2.24, 2.45) is 0 Å². The number of unbranched alkanes of at least 4 members (excludes halogenated alkanes) is 1. The monoisotopic (exact) mass is 763 g/mol. The van der Waals surface area contributed by atoms with Gasteiger partial charge in [-0.2, -0.15) is 13.5 Å². The number of ether oxygens (including phenoxy) is 3. The Kier molecular flexibility index (Phi) is 12.6. The molecule has 2 amide bonds. The normalized spacial score (nSPS) is 16.9. The number of alkyl halides is 2. The fourth-order valence-electron chi connectivity index (χ4n) is 6.36. The highest BCUT2D eigenvalue weighted by Gasteiger charge is 2.50. The fraction of sp³-hybridized carbons (Fsp3) is 0.526. The van der Waals surface area contributed by atoms with E-state index in [2.05, 4.69) is 10.0 Å². The van der Waals surface area contributed by atoms with Crippen LogP contribution in [0.1, 0.15) is 84.6 Å². The van der Waals surface area contributed by atoms with Crippen molar-refractivity contribution in [3.8, 4) is 11.5 Å². The van der Waals surface area contributed by atoms with E-state index >= 15 is 8.78 Å². The Hall–Kier alpha value is -3.68. The van der Waals surface area contributed by atoms with Crippen molar-refractivity contribution in [1.82, 2.24) is 14.9 Å². The lowest BCUT2D eigenvalue weighted by atomic mass is 9.98. The molecule has 1 heterocycles. The molecular weight excluding hydrogens is 716 g/mol. The van der Waals surface area contributed by atoms with Crippen LogP contribution in [0.2, 0.25) is 5.02 Å². The molecule has 14 heteroatoms. The molecule has 284 valence electrons. The van der Waals surface area contributed by atoms with Crippen LogP contribution in [0.25, 0.3) is 10.8 Å². The van der Waals surface area contributed by atoms with Crippen molar-refractivity contribution in [3.63, 3.8) is 0 Å². The van der Waals surface area contributed by atoms with Gasteiger partial charge in [0.25, 0.3) is 5.92 Å². The summed E-state index contributed by atoms with van der Waals surface area (Å²) in [5.74, 6) is -4.47. The average Bonchev–Trinajstić information content (AvgIpc) is 3.60. The number of halogens is 3. The summed E-state index contributed by atoms with van der Waals surface area (Å²) >= 11 is 6.26. The van der Waals surface area contributed by atoms with Gasteiger partial charge in [0, 0.05) is 24.7 Å². The Morgan fingerprint density at radius 1 is 0.962 bits per heavy atom. The topological polar surface area (TPSA) is 123 Å². The minimum absolute atomic E-state index is 0.000832. The van der Waals surface area contributed by atoms with E-state index < -0.39 is 45.2 Å². The van der Waals surface area contributed by atoms with Crippen LogP contribution in [0.15, 0.2) is 59.5 Å². The van der Waals surface area contributed by atoms with Crippen molar-refractivity contribution in [2.75, 3.05) is 19.7 Å². The molecule has 0 spiro atoms. The minimum Gasteiger partial charge on any atom is -0.492 e. The summed E-state index contributed by atoms with van der Waals surface area (Å²) in [6.07, 6.45) is 5.69. The first-order valence-corrected chi connectivity index (χ1v) is 19.7. The van der Waals surface area contributed by atoms with Crippen LogP contribution in [0.5, 0.6) is 11.5 Å². The summed E-state index contributed by atoms with van der Waals surface area (Å²) in [5.41, 5.74) is -1.35. The molecule has 5 rings (SSSR count). The van der Waals surface area contributed by atoms with Crippen molar-refractivity contribution < 1.29 is 41.0 Å². The van der Waals surface area contributed by atoms with E-state index in [9.17, 15) is 18.0 Å². The molecule has 1 atom stereocenters. The largest absolute Gasteiger partial charge is 0.492 e. The lowest BCUT2D eigenvalue weighted by Crippen LogP contribution is -2.58. The predicted molar refractivity (Wildman–Crippen MR) is 196 cm³/mol. The van der Waals surface area contributed by atoms with Gasteiger partial charge < -0.3 is 24.4 Å². The molecule has 3 aromatic carbocycles. The minimum atomic E-state index is -4.67. The number of hydrogen-bond donors (Lipinski definition) is 2. The SMILES string of the molecule is CCCCOc1cc(C(F)(F)C(NS(=O)(=O)c2ccc3cc(OC4CCCC4)ccc3c2)C(=O)N2CCC(NC(=O)OC(C)(C)C)CC2)ccc1Cl. The summed E-state index contributed by atoms with van der Waals surface area (Å²) in [7, 11) is -4.67. The quantitative estimate of drug-likeness (QED) is 0.170. The number of fused-ring (bicyclic) bond motifs is 1. The molecule has 1 aliphatic heterocycles. The zero-order valence-electron chi connectivity index (χ0n) is 30.1. The summed E-state index contributed by atoms with van der Waals surface area (Å²) in [6.45, 7) is 7.39. The van der Waals surface area contributed by atoms with Crippen molar-refractivity contribution >= 4 is 44.4 Å². The molecule has 1 saturated heterocycles. The molecule has 0 radical (unpaired) electrons. The Balaban J connectivity index is 1.40. The maximum atomic E-state index is 16.7. The first-order chi connectivity index (χ1) is 24.6. The lowest BCUT2D eigenvalue weighted by molar-refractivity contribution is -0.145. The molecule has 2 N–H and O–H groups in total. The molecule has 2 aliphatic rings. The van der Waals surface area contributed by atoms with Crippen molar-refractivity contribution in [3.05, 3.63) is 65.2 Å². The first-order valence-electron chi connectivity index (χ1n) is 17.9. The van der Waals surface area contributed by atoms with E-state index in [-0.39, 0.29) is 60.4 Å². The maximum Gasteiger partial charge on any atom is 0.407 e. The van der Waals surface area contributed by atoms with E-state index in [0.29, 0.717) is 22.9 Å². The van der Waals surface area contributed by atoms with Crippen LogP contribution in [0.4, 0.5) is 13.6 Å². The molecule has 52 heavy (non-hydrogen) atoms. The molecule has 1 aliphatic carbocycles.